The third kappa shape index (κ3) is 2.91. The van der Waals surface area contributed by atoms with E-state index < -0.39 is 11.6 Å². The first-order chi connectivity index (χ1) is 8.92. The van der Waals surface area contributed by atoms with Gasteiger partial charge < -0.3 is 15.0 Å². The highest BCUT2D eigenvalue weighted by molar-refractivity contribution is 5.99. The lowest BCUT2D eigenvalue weighted by molar-refractivity contribution is -0.161. The monoisotopic (exact) mass is 270 g/mol. The summed E-state index contributed by atoms with van der Waals surface area (Å²) in [5.41, 5.74) is -0.779. The van der Waals surface area contributed by atoms with E-state index >= 15 is 0 Å². The van der Waals surface area contributed by atoms with E-state index in [1.165, 1.54) is 0 Å². The van der Waals surface area contributed by atoms with Gasteiger partial charge in [0.2, 0.25) is 11.8 Å². The Balaban J connectivity index is 3.07. The molecule has 1 heterocycles. The fraction of sp³-hybridized carbons (Fsp3) is 0.857. The van der Waals surface area contributed by atoms with Crippen molar-refractivity contribution in [2.75, 3.05) is 13.7 Å². The van der Waals surface area contributed by atoms with Gasteiger partial charge in [0.15, 0.2) is 0 Å². The van der Waals surface area contributed by atoms with Crippen molar-refractivity contribution >= 4 is 11.8 Å². The van der Waals surface area contributed by atoms with Crippen LogP contribution in [0.3, 0.4) is 0 Å². The predicted octanol–water partition coefficient (Wildman–Crippen LogP) is 1.32. The first-order valence-electron chi connectivity index (χ1n) is 7.05. The van der Waals surface area contributed by atoms with Crippen LogP contribution in [0.15, 0.2) is 0 Å². The average Bonchev–Trinajstić information content (AvgIpc) is 2.36. The standard InChI is InChI=1S/C14H26N2O3/c1-6-8-11-12(17)16(10(3)9-19-5)14(4,7-2)13(18)15-11/h10-11H,6-9H2,1-5H3,(H,15,18). The van der Waals surface area contributed by atoms with Gasteiger partial charge in [0.1, 0.15) is 11.6 Å². The van der Waals surface area contributed by atoms with Crippen molar-refractivity contribution in [3.05, 3.63) is 0 Å². The van der Waals surface area contributed by atoms with E-state index in [-0.39, 0.29) is 17.9 Å². The Bertz CT molecular complexity index is 346. The Morgan fingerprint density at radius 1 is 1.42 bits per heavy atom. The SMILES string of the molecule is CCCC1NC(=O)C(C)(CC)N(C(C)COC)C1=O. The molecular weight excluding hydrogens is 244 g/mol. The second-order valence-corrected chi connectivity index (χ2v) is 5.45. The van der Waals surface area contributed by atoms with Gasteiger partial charge in [-0.15, -0.1) is 0 Å². The van der Waals surface area contributed by atoms with Crippen molar-refractivity contribution < 1.29 is 14.3 Å². The van der Waals surface area contributed by atoms with Gasteiger partial charge in [-0.1, -0.05) is 20.3 Å². The fourth-order valence-electron chi connectivity index (χ4n) is 2.73. The number of carbonyl (C=O) groups is 2. The van der Waals surface area contributed by atoms with E-state index in [4.69, 9.17) is 4.74 Å². The second kappa shape index (κ2) is 6.37. The van der Waals surface area contributed by atoms with Gasteiger partial charge in [-0.2, -0.15) is 0 Å². The van der Waals surface area contributed by atoms with Gasteiger partial charge in [-0.05, 0) is 26.7 Å². The Kier molecular flexibility index (Phi) is 5.35. The van der Waals surface area contributed by atoms with Gasteiger partial charge >= 0.3 is 0 Å². The maximum atomic E-state index is 12.6. The highest BCUT2D eigenvalue weighted by Gasteiger charge is 2.49. The fourth-order valence-corrected chi connectivity index (χ4v) is 2.73. The summed E-state index contributed by atoms with van der Waals surface area (Å²) in [5, 5.41) is 2.86. The molecule has 19 heavy (non-hydrogen) atoms. The summed E-state index contributed by atoms with van der Waals surface area (Å²) in [5.74, 6) is -0.0497. The number of carbonyl (C=O) groups excluding carboxylic acids is 2. The lowest BCUT2D eigenvalue weighted by Gasteiger charge is -2.48. The van der Waals surface area contributed by atoms with Gasteiger partial charge in [-0.25, -0.2) is 0 Å². The summed E-state index contributed by atoms with van der Waals surface area (Å²) in [6.45, 7) is 8.13. The summed E-state index contributed by atoms with van der Waals surface area (Å²) in [6, 6.07) is -0.496. The number of hydrogen-bond acceptors (Lipinski definition) is 3. The van der Waals surface area contributed by atoms with Crippen LogP contribution in [0.25, 0.3) is 0 Å². The van der Waals surface area contributed by atoms with Crippen LogP contribution in [0.1, 0.15) is 47.0 Å². The number of methoxy groups -OCH3 is 1. The summed E-state index contributed by atoms with van der Waals surface area (Å²) in [7, 11) is 1.61. The number of rotatable bonds is 6. The first kappa shape index (κ1) is 16.0. The minimum Gasteiger partial charge on any atom is -0.383 e. The molecule has 0 aromatic carbocycles. The lowest BCUT2D eigenvalue weighted by atomic mass is 9.88. The predicted molar refractivity (Wildman–Crippen MR) is 73.7 cm³/mol. The van der Waals surface area contributed by atoms with Gasteiger partial charge in [0, 0.05) is 7.11 Å². The Hall–Kier alpha value is -1.10. The van der Waals surface area contributed by atoms with Crippen LogP contribution in [0.2, 0.25) is 0 Å². The molecule has 5 heteroatoms. The Morgan fingerprint density at radius 3 is 2.53 bits per heavy atom. The average molecular weight is 270 g/mol. The van der Waals surface area contributed by atoms with E-state index in [9.17, 15) is 9.59 Å². The molecule has 0 bridgehead atoms. The molecule has 1 aliphatic rings. The molecule has 1 aliphatic heterocycles. The first-order valence-corrected chi connectivity index (χ1v) is 7.05. The van der Waals surface area contributed by atoms with Crippen LogP contribution in [0, 0.1) is 0 Å². The van der Waals surface area contributed by atoms with Crippen LogP contribution in [0.4, 0.5) is 0 Å². The molecule has 0 radical (unpaired) electrons. The van der Waals surface area contributed by atoms with Crippen molar-refractivity contribution in [1.82, 2.24) is 10.2 Å². The molecule has 1 rings (SSSR count). The molecule has 2 amide bonds. The normalized spacial score (nSPS) is 29.3. The molecule has 0 aromatic rings. The number of amides is 2. The Labute approximate surface area is 115 Å². The quantitative estimate of drug-likeness (QED) is 0.792. The number of piperazine rings is 1. The second-order valence-electron chi connectivity index (χ2n) is 5.45. The van der Waals surface area contributed by atoms with Crippen molar-refractivity contribution in [2.45, 2.75) is 64.6 Å². The minimum absolute atomic E-state index is 0.00958. The minimum atomic E-state index is -0.779. The molecule has 3 unspecified atom stereocenters. The van der Waals surface area contributed by atoms with Crippen LogP contribution < -0.4 is 5.32 Å². The van der Waals surface area contributed by atoms with E-state index in [0.29, 0.717) is 19.4 Å². The summed E-state index contributed by atoms with van der Waals surface area (Å²) < 4.78 is 5.15. The van der Waals surface area contributed by atoms with Crippen molar-refractivity contribution in [2.24, 2.45) is 0 Å². The third-order valence-corrected chi connectivity index (χ3v) is 3.98. The molecule has 0 saturated carbocycles. The third-order valence-electron chi connectivity index (χ3n) is 3.98. The van der Waals surface area contributed by atoms with Crippen LogP contribution in [-0.4, -0.2) is 48.1 Å². The highest BCUT2D eigenvalue weighted by atomic mass is 16.5. The molecule has 1 N–H and O–H groups in total. The molecule has 5 nitrogen and oxygen atoms in total. The van der Waals surface area contributed by atoms with Crippen molar-refractivity contribution in [1.29, 1.82) is 0 Å². The smallest absolute Gasteiger partial charge is 0.246 e. The van der Waals surface area contributed by atoms with E-state index in [1.54, 1.807) is 12.0 Å². The largest absolute Gasteiger partial charge is 0.383 e. The maximum Gasteiger partial charge on any atom is 0.246 e. The maximum absolute atomic E-state index is 12.6. The highest BCUT2D eigenvalue weighted by Crippen LogP contribution is 2.28. The molecule has 1 saturated heterocycles. The van der Waals surface area contributed by atoms with Gasteiger partial charge in [0.25, 0.3) is 0 Å². The number of hydrogen-bond donors (Lipinski definition) is 1. The van der Waals surface area contributed by atoms with Crippen LogP contribution in [0.5, 0.6) is 0 Å². The van der Waals surface area contributed by atoms with Crippen molar-refractivity contribution in [3.63, 3.8) is 0 Å². The van der Waals surface area contributed by atoms with E-state index in [2.05, 4.69) is 5.32 Å². The Morgan fingerprint density at radius 2 is 2.05 bits per heavy atom. The van der Waals surface area contributed by atoms with Crippen molar-refractivity contribution in [3.8, 4) is 0 Å². The zero-order valence-corrected chi connectivity index (χ0v) is 12.7. The topological polar surface area (TPSA) is 58.6 Å². The van der Waals surface area contributed by atoms with Gasteiger partial charge in [0.05, 0.1) is 12.6 Å². The summed E-state index contributed by atoms with van der Waals surface area (Å²) >= 11 is 0. The number of nitrogens with one attached hydrogen (secondary N) is 1. The van der Waals surface area contributed by atoms with Crippen LogP contribution >= 0.6 is 0 Å². The van der Waals surface area contributed by atoms with E-state index in [1.807, 2.05) is 27.7 Å². The molecule has 0 aromatic heterocycles. The molecule has 110 valence electrons. The number of nitrogens with zero attached hydrogens (tertiary/aromatic N) is 1. The zero-order valence-electron chi connectivity index (χ0n) is 12.7. The summed E-state index contributed by atoms with van der Waals surface area (Å²) in [6.07, 6.45) is 2.14. The van der Waals surface area contributed by atoms with Crippen LogP contribution in [-0.2, 0) is 14.3 Å². The van der Waals surface area contributed by atoms with Gasteiger partial charge in [-0.3, -0.25) is 9.59 Å². The summed E-state index contributed by atoms with van der Waals surface area (Å²) in [4.78, 5) is 26.7. The molecule has 1 fully saturated rings. The zero-order chi connectivity index (χ0) is 14.6. The lowest BCUT2D eigenvalue weighted by Crippen LogP contribution is -2.71. The molecule has 3 atom stereocenters. The molecule has 0 aliphatic carbocycles. The number of ether oxygens (including phenoxy) is 1. The molecular formula is C14H26N2O3. The molecule has 0 spiro atoms. The van der Waals surface area contributed by atoms with E-state index in [0.717, 1.165) is 6.42 Å².